The summed E-state index contributed by atoms with van der Waals surface area (Å²) in [6.45, 7) is 0. The summed E-state index contributed by atoms with van der Waals surface area (Å²) in [6.07, 6.45) is 2.06. The van der Waals surface area contributed by atoms with E-state index in [4.69, 9.17) is 0 Å². The van der Waals surface area contributed by atoms with Gasteiger partial charge in [0.2, 0.25) is 0 Å². The Morgan fingerprint density at radius 3 is 2.30 bits per heavy atom. The van der Waals surface area contributed by atoms with Crippen LogP contribution in [-0.2, 0) is 16.0 Å². The first-order chi connectivity index (χ1) is 13.0. The highest BCUT2D eigenvalue weighted by Crippen LogP contribution is 2.32. The number of carbonyl (C=O) groups is 2. The lowest BCUT2D eigenvalue weighted by atomic mass is 9.83. The molecule has 0 saturated heterocycles. The molecule has 2 N–H and O–H groups in total. The SMILES string of the molecule is O=C1CC(c2ccccc2)CC(O)=C1C=N[C@@H](Cc1ccccc1)C(=O)O. The van der Waals surface area contributed by atoms with Crippen molar-refractivity contribution in [1.29, 1.82) is 0 Å². The van der Waals surface area contributed by atoms with Crippen LogP contribution in [0.25, 0.3) is 0 Å². The van der Waals surface area contributed by atoms with Gasteiger partial charge >= 0.3 is 5.97 Å². The number of carbonyl (C=O) groups excluding carboxylic acids is 1. The standard InChI is InChI=1S/C22H21NO4/c24-20-12-17(16-9-5-2-6-10-16)13-21(25)18(20)14-23-19(22(26)27)11-15-7-3-1-4-8-15/h1-10,14,17,19,24H,11-13H2,(H,26,27)/t17?,19-/m0/s1. The zero-order valence-electron chi connectivity index (χ0n) is 14.8. The first-order valence-electron chi connectivity index (χ1n) is 8.84. The Balaban J connectivity index is 1.76. The number of nitrogens with zero attached hydrogens (tertiary/aromatic N) is 1. The quantitative estimate of drug-likeness (QED) is 0.766. The van der Waals surface area contributed by atoms with E-state index in [-0.39, 0.29) is 35.9 Å². The van der Waals surface area contributed by atoms with Crippen LogP contribution in [0.15, 0.2) is 77.0 Å². The predicted octanol–water partition coefficient (Wildman–Crippen LogP) is 3.71. The summed E-state index contributed by atoms with van der Waals surface area (Å²) in [7, 11) is 0. The second kappa shape index (κ2) is 8.45. The van der Waals surface area contributed by atoms with Gasteiger partial charge in [-0.2, -0.15) is 0 Å². The zero-order chi connectivity index (χ0) is 19.2. The molecule has 2 aromatic rings. The third-order valence-corrected chi connectivity index (χ3v) is 4.69. The second-order valence-corrected chi connectivity index (χ2v) is 6.62. The highest BCUT2D eigenvalue weighted by Gasteiger charge is 2.28. The Morgan fingerprint density at radius 2 is 1.70 bits per heavy atom. The fourth-order valence-corrected chi connectivity index (χ4v) is 3.22. The minimum absolute atomic E-state index is 0.0345. The summed E-state index contributed by atoms with van der Waals surface area (Å²) in [5.41, 5.74) is 1.96. The van der Waals surface area contributed by atoms with Crippen LogP contribution in [0.3, 0.4) is 0 Å². The lowest BCUT2D eigenvalue weighted by molar-refractivity contribution is -0.138. The first-order valence-corrected chi connectivity index (χ1v) is 8.84. The highest BCUT2D eigenvalue weighted by molar-refractivity contribution is 6.14. The van der Waals surface area contributed by atoms with E-state index in [0.29, 0.717) is 6.42 Å². The summed E-state index contributed by atoms with van der Waals surface area (Å²) in [5.74, 6) is -1.40. The van der Waals surface area contributed by atoms with Gasteiger partial charge in [-0.25, -0.2) is 4.79 Å². The molecule has 0 saturated carbocycles. The highest BCUT2D eigenvalue weighted by atomic mass is 16.4. The van der Waals surface area contributed by atoms with Gasteiger partial charge in [0.25, 0.3) is 0 Å². The van der Waals surface area contributed by atoms with Crippen LogP contribution >= 0.6 is 0 Å². The molecule has 3 rings (SSSR count). The van der Waals surface area contributed by atoms with Gasteiger partial charge in [0, 0.05) is 25.5 Å². The minimum atomic E-state index is -1.07. The van der Waals surface area contributed by atoms with Crippen LogP contribution in [0.2, 0.25) is 0 Å². The number of aliphatic hydroxyl groups excluding tert-OH is 1. The maximum Gasteiger partial charge on any atom is 0.328 e. The van der Waals surface area contributed by atoms with Crippen LogP contribution in [0.5, 0.6) is 0 Å². The molecule has 0 radical (unpaired) electrons. The van der Waals surface area contributed by atoms with Gasteiger partial charge in [-0.1, -0.05) is 60.7 Å². The molecule has 0 aliphatic heterocycles. The Kier molecular flexibility index (Phi) is 5.81. The van der Waals surface area contributed by atoms with Gasteiger partial charge < -0.3 is 10.2 Å². The number of ketones is 1. The largest absolute Gasteiger partial charge is 0.511 e. The smallest absolute Gasteiger partial charge is 0.328 e. The molecule has 2 atom stereocenters. The van der Waals surface area contributed by atoms with Crippen molar-refractivity contribution in [3.05, 3.63) is 83.1 Å². The van der Waals surface area contributed by atoms with Gasteiger partial charge in [0.1, 0.15) is 5.76 Å². The fourth-order valence-electron chi connectivity index (χ4n) is 3.22. The number of allylic oxidation sites excluding steroid dienone is 2. The van der Waals surface area contributed by atoms with Gasteiger partial charge in [-0.3, -0.25) is 9.79 Å². The molecule has 5 heteroatoms. The van der Waals surface area contributed by atoms with E-state index in [1.807, 2.05) is 60.7 Å². The third kappa shape index (κ3) is 4.70. The molecule has 0 spiro atoms. The van der Waals surface area contributed by atoms with Crippen molar-refractivity contribution in [3.63, 3.8) is 0 Å². The molecule has 0 aromatic heterocycles. The number of aliphatic hydroxyl groups is 1. The molecule has 0 bridgehead atoms. The number of hydrogen-bond donors (Lipinski definition) is 2. The summed E-state index contributed by atoms with van der Waals surface area (Å²) in [6, 6.07) is 17.8. The monoisotopic (exact) mass is 363 g/mol. The van der Waals surface area contributed by atoms with Crippen molar-refractivity contribution < 1.29 is 19.8 Å². The van der Waals surface area contributed by atoms with Crippen molar-refractivity contribution >= 4 is 18.0 Å². The van der Waals surface area contributed by atoms with E-state index in [1.54, 1.807) is 0 Å². The topological polar surface area (TPSA) is 87.0 Å². The number of carboxylic acid groups (broad SMARTS) is 1. The summed E-state index contributed by atoms with van der Waals surface area (Å²) >= 11 is 0. The molecule has 138 valence electrons. The van der Waals surface area contributed by atoms with Crippen LogP contribution < -0.4 is 0 Å². The van der Waals surface area contributed by atoms with E-state index >= 15 is 0 Å². The molecular formula is C22H21NO4. The summed E-state index contributed by atoms with van der Waals surface area (Å²) in [5, 5.41) is 19.7. The van der Waals surface area contributed by atoms with Gasteiger partial charge in [0.05, 0.1) is 5.57 Å². The Labute approximate surface area is 157 Å². The number of carboxylic acids is 1. The molecule has 2 aromatic carbocycles. The summed E-state index contributed by atoms with van der Waals surface area (Å²) in [4.78, 5) is 28.0. The fraction of sp³-hybridized carbons (Fsp3) is 0.227. The maximum absolute atomic E-state index is 12.5. The maximum atomic E-state index is 12.5. The number of Topliss-reactive ketones (excluding diaryl/α,β-unsaturated/α-hetero) is 1. The van der Waals surface area contributed by atoms with Crippen LogP contribution in [0.1, 0.15) is 29.9 Å². The van der Waals surface area contributed by atoms with Crippen molar-refractivity contribution in [2.24, 2.45) is 4.99 Å². The normalized spacial score (nSPS) is 18.7. The zero-order valence-corrected chi connectivity index (χ0v) is 14.8. The molecular weight excluding hydrogens is 342 g/mol. The average molecular weight is 363 g/mol. The Morgan fingerprint density at radius 1 is 1.07 bits per heavy atom. The van der Waals surface area contributed by atoms with Crippen molar-refractivity contribution in [1.82, 2.24) is 0 Å². The lowest BCUT2D eigenvalue weighted by Crippen LogP contribution is -2.23. The lowest BCUT2D eigenvalue weighted by Gasteiger charge is -2.22. The molecule has 5 nitrogen and oxygen atoms in total. The van der Waals surface area contributed by atoms with Crippen molar-refractivity contribution in [3.8, 4) is 0 Å². The average Bonchev–Trinajstić information content (AvgIpc) is 2.67. The van der Waals surface area contributed by atoms with Gasteiger partial charge in [-0.15, -0.1) is 0 Å². The first kappa shape index (κ1) is 18.6. The molecule has 1 aliphatic carbocycles. The van der Waals surface area contributed by atoms with Crippen LogP contribution in [0, 0.1) is 0 Å². The van der Waals surface area contributed by atoms with Crippen LogP contribution in [0.4, 0.5) is 0 Å². The van der Waals surface area contributed by atoms with E-state index in [9.17, 15) is 19.8 Å². The Bertz CT molecular complexity index is 872. The van der Waals surface area contributed by atoms with Gasteiger partial charge in [0.15, 0.2) is 11.8 Å². The van der Waals surface area contributed by atoms with E-state index in [0.717, 1.165) is 11.1 Å². The Hall–Kier alpha value is -3.21. The minimum Gasteiger partial charge on any atom is -0.511 e. The van der Waals surface area contributed by atoms with Crippen LogP contribution in [-0.4, -0.2) is 34.2 Å². The molecule has 1 unspecified atom stereocenters. The predicted molar refractivity (Wildman–Crippen MR) is 103 cm³/mol. The third-order valence-electron chi connectivity index (χ3n) is 4.69. The number of rotatable bonds is 6. The number of aliphatic carboxylic acids is 1. The number of hydrogen-bond acceptors (Lipinski definition) is 4. The molecule has 0 fully saturated rings. The van der Waals surface area contributed by atoms with E-state index < -0.39 is 12.0 Å². The van der Waals surface area contributed by atoms with E-state index in [1.165, 1.54) is 6.21 Å². The van der Waals surface area contributed by atoms with E-state index in [2.05, 4.69) is 4.99 Å². The number of benzene rings is 2. The molecule has 0 heterocycles. The summed E-state index contributed by atoms with van der Waals surface area (Å²) < 4.78 is 0. The van der Waals surface area contributed by atoms with Crippen molar-refractivity contribution in [2.45, 2.75) is 31.2 Å². The molecule has 0 amide bonds. The molecule has 27 heavy (non-hydrogen) atoms. The number of aliphatic imine (C=N–C) groups is 1. The second-order valence-electron chi connectivity index (χ2n) is 6.62. The van der Waals surface area contributed by atoms with Crippen molar-refractivity contribution in [2.75, 3.05) is 0 Å². The molecule has 1 aliphatic rings. The van der Waals surface area contributed by atoms with Gasteiger partial charge in [-0.05, 0) is 17.0 Å².